The van der Waals surface area contributed by atoms with Gasteiger partial charge in [0.05, 0.1) is 12.2 Å². The van der Waals surface area contributed by atoms with E-state index in [0.717, 1.165) is 25.3 Å². The minimum atomic E-state index is -0.238. The fraction of sp³-hybridized carbons (Fsp3) is 1.00. The first-order valence-electron chi connectivity index (χ1n) is 5.10. The van der Waals surface area contributed by atoms with Crippen LogP contribution in [0.5, 0.6) is 0 Å². The topological polar surface area (TPSA) is 32.7 Å². The van der Waals surface area contributed by atoms with Crippen molar-refractivity contribution in [2.45, 2.75) is 25.0 Å². The van der Waals surface area contributed by atoms with Gasteiger partial charge in [-0.15, -0.1) is 0 Å². The lowest BCUT2D eigenvalue weighted by molar-refractivity contribution is -0.0603. The summed E-state index contributed by atoms with van der Waals surface area (Å²) in [6.45, 7) is 2.33. The van der Waals surface area contributed by atoms with Gasteiger partial charge in [-0.25, -0.2) is 0 Å². The summed E-state index contributed by atoms with van der Waals surface area (Å²) in [7, 11) is 3.86. The normalized spacial score (nSPS) is 46.4. The van der Waals surface area contributed by atoms with Crippen molar-refractivity contribution in [1.29, 1.82) is 0 Å². The monoisotopic (exact) mass is 185 g/mol. The van der Waals surface area contributed by atoms with Crippen molar-refractivity contribution >= 4 is 0 Å². The van der Waals surface area contributed by atoms with Gasteiger partial charge < -0.3 is 14.7 Å². The number of hydrogen-bond acceptors (Lipinski definition) is 3. The van der Waals surface area contributed by atoms with E-state index in [1.807, 2.05) is 0 Å². The van der Waals surface area contributed by atoms with Crippen molar-refractivity contribution in [3.63, 3.8) is 0 Å². The number of fused-ring (bicyclic) bond motifs is 1. The third-order valence-electron chi connectivity index (χ3n) is 3.57. The molecule has 1 saturated heterocycles. The van der Waals surface area contributed by atoms with Gasteiger partial charge in [-0.1, -0.05) is 0 Å². The fourth-order valence-electron chi connectivity index (χ4n) is 2.88. The lowest BCUT2D eigenvalue weighted by Crippen LogP contribution is -2.39. The number of nitrogens with zero attached hydrogens (tertiary/aromatic N) is 1. The Hall–Kier alpha value is -0.120. The highest BCUT2D eigenvalue weighted by atomic mass is 16.5. The zero-order chi connectivity index (χ0) is 9.42. The molecule has 4 atom stereocenters. The smallest absolute Gasteiger partial charge is 0.0833 e. The summed E-state index contributed by atoms with van der Waals surface area (Å²) in [5.74, 6) is 1.45. The fourth-order valence-corrected chi connectivity index (χ4v) is 2.88. The number of ether oxygens (including phenoxy) is 1. The van der Waals surface area contributed by atoms with Crippen LogP contribution in [0.3, 0.4) is 0 Å². The first-order chi connectivity index (χ1) is 6.20. The summed E-state index contributed by atoms with van der Waals surface area (Å²) in [4.78, 5) is 2.36. The molecule has 2 aliphatic rings. The van der Waals surface area contributed by atoms with Gasteiger partial charge in [0.25, 0.3) is 0 Å². The van der Waals surface area contributed by atoms with E-state index < -0.39 is 0 Å². The lowest BCUT2D eigenvalue weighted by Gasteiger charge is -2.34. The molecule has 0 amide bonds. The number of hydrogen-bond donors (Lipinski definition) is 1. The summed E-state index contributed by atoms with van der Waals surface area (Å²) in [6.07, 6.45) is 1.80. The van der Waals surface area contributed by atoms with Gasteiger partial charge >= 0.3 is 0 Å². The van der Waals surface area contributed by atoms with Crippen LogP contribution in [0.25, 0.3) is 0 Å². The SMILES string of the molecule is CO[C@@H]1C[C@H]2CN(C)CC2C[C@@H]1O. The molecule has 0 aromatic heterocycles. The second-order valence-electron chi connectivity index (χ2n) is 4.55. The van der Waals surface area contributed by atoms with E-state index in [0.29, 0.717) is 5.92 Å². The summed E-state index contributed by atoms with van der Waals surface area (Å²) < 4.78 is 5.28. The lowest BCUT2D eigenvalue weighted by atomic mass is 9.78. The summed E-state index contributed by atoms with van der Waals surface area (Å²) in [6, 6.07) is 0. The number of likely N-dealkylation sites (tertiary alicyclic amines) is 1. The van der Waals surface area contributed by atoms with Crippen molar-refractivity contribution < 1.29 is 9.84 Å². The largest absolute Gasteiger partial charge is 0.390 e. The Morgan fingerprint density at radius 1 is 1.23 bits per heavy atom. The maximum absolute atomic E-state index is 9.76. The second kappa shape index (κ2) is 3.56. The van der Waals surface area contributed by atoms with Crippen molar-refractivity contribution in [2.24, 2.45) is 11.8 Å². The summed E-state index contributed by atoms with van der Waals surface area (Å²) in [5, 5.41) is 9.76. The molecule has 1 aliphatic carbocycles. The molecule has 2 rings (SSSR count). The van der Waals surface area contributed by atoms with E-state index in [-0.39, 0.29) is 12.2 Å². The molecule has 3 heteroatoms. The van der Waals surface area contributed by atoms with E-state index in [9.17, 15) is 5.11 Å². The van der Waals surface area contributed by atoms with Crippen molar-refractivity contribution in [1.82, 2.24) is 4.90 Å². The van der Waals surface area contributed by atoms with E-state index in [1.54, 1.807) is 7.11 Å². The van der Waals surface area contributed by atoms with Crippen LogP contribution >= 0.6 is 0 Å². The van der Waals surface area contributed by atoms with E-state index in [4.69, 9.17) is 4.74 Å². The van der Waals surface area contributed by atoms with Gasteiger partial charge in [0.2, 0.25) is 0 Å². The predicted octanol–water partition coefficient (Wildman–Crippen LogP) is 0.334. The third-order valence-corrected chi connectivity index (χ3v) is 3.57. The molecule has 0 spiro atoms. The summed E-state index contributed by atoms with van der Waals surface area (Å²) in [5.41, 5.74) is 0. The Kier molecular flexibility index (Phi) is 2.58. The Labute approximate surface area is 79.7 Å². The van der Waals surface area contributed by atoms with Crippen LogP contribution in [0.1, 0.15) is 12.8 Å². The van der Waals surface area contributed by atoms with Gasteiger partial charge in [-0.2, -0.15) is 0 Å². The van der Waals surface area contributed by atoms with Crippen molar-refractivity contribution in [3.8, 4) is 0 Å². The average molecular weight is 185 g/mol. The van der Waals surface area contributed by atoms with Gasteiger partial charge in [0.15, 0.2) is 0 Å². The molecule has 0 aromatic carbocycles. The van der Waals surface area contributed by atoms with E-state index >= 15 is 0 Å². The highest BCUT2D eigenvalue weighted by Gasteiger charge is 2.40. The molecule has 13 heavy (non-hydrogen) atoms. The molecular weight excluding hydrogens is 166 g/mol. The Morgan fingerprint density at radius 2 is 1.85 bits per heavy atom. The maximum atomic E-state index is 9.76. The van der Waals surface area contributed by atoms with Crippen LogP contribution in [-0.4, -0.2) is 49.5 Å². The molecule has 2 fully saturated rings. The molecule has 1 N–H and O–H groups in total. The van der Waals surface area contributed by atoms with Crippen LogP contribution in [0.2, 0.25) is 0 Å². The molecule has 0 radical (unpaired) electrons. The van der Waals surface area contributed by atoms with Crippen LogP contribution in [0.4, 0.5) is 0 Å². The van der Waals surface area contributed by atoms with E-state index in [2.05, 4.69) is 11.9 Å². The van der Waals surface area contributed by atoms with Crippen molar-refractivity contribution in [3.05, 3.63) is 0 Å². The van der Waals surface area contributed by atoms with Gasteiger partial charge in [-0.05, 0) is 31.7 Å². The number of methoxy groups -OCH3 is 1. The zero-order valence-electron chi connectivity index (χ0n) is 8.44. The minimum absolute atomic E-state index is 0.0766. The minimum Gasteiger partial charge on any atom is -0.390 e. The van der Waals surface area contributed by atoms with Crippen molar-refractivity contribution in [2.75, 3.05) is 27.2 Å². The molecule has 0 aromatic rings. The van der Waals surface area contributed by atoms with Gasteiger partial charge in [0, 0.05) is 20.2 Å². The van der Waals surface area contributed by atoms with Crippen LogP contribution in [0, 0.1) is 11.8 Å². The number of aliphatic hydroxyl groups is 1. The maximum Gasteiger partial charge on any atom is 0.0833 e. The highest BCUT2D eigenvalue weighted by molar-refractivity contribution is 4.92. The molecule has 1 unspecified atom stereocenters. The van der Waals surface area contributed by atoms with Crippen LogP contribution in [-0.2, 0) is 4.74 Å². The predicted molar refractivity (Wildman–Crippen MR) is 50.5 cm³/mol. The molecule has 1 heterocycles. The zero-order valence-corrected chi connectivity index (χ0v) is 8.44. The number of rotatable bonds is 1. The average Bonchev–Trinajstić information content (AvgIpc) is 2.42. The van der Waals surface area contributed by atoms with Gasteiger partial charge in [-0.3, -0.25) is 0 Å². The Balaban J connectivity index is 1.99. The first kappa shape index (κ1) is 9.44. The highest BCUT2D eigenvalue weighted by Crippen LogP contribution is 2.36. The Morgan fingerprint density at radius 3 is 2.46 bits per heavy atom. The van der Waals surface area contributed by atoms with E-state index in [1.165, 1.54) is 6.54 Å². The van der Waals surface area contributed by atoms with Crippen LogP contribution in [0.15, 0.2) is 0 Å². The molecule has 1 saturated carbocycles. The standard InChI is InChI=1S/C10H19NO2/c1-11-5-7-3-9(12)10(13-2)4-8(7)6-11/h7-10,12H,3-6H2,1-2H3/t7?,8-,9-,10+/m0/s1. The molecular formula is C10H19NO2. The third kappa shape index (κ3) is 1.73. The first-order valence-corrected chi connectivity index (χ1v) is 5.10. The number of aliphatic hydroxyl groups excluding tert-OH is 1. The Bertz CT molecular complexity index is 186. The molecule has 1 aliphatic heterocycles. The molecule has 3 nitrogen and oxygen atoms in total. The molecule has 0 bridgehead atoms. The summed E-state index contributed by atoms with van der Waals surface area (Å²) >= 11 is 0. The van der Waals surface area contributed by atoms with Crippen LogP contribution < -0.4 is 0 Å². The van der Waals surface area contributed by atoms with Gasteiger partial charge in [0.1, 0.15) is 0 Å². The quantitative estimate of drug-likeness (QED) is 0.639. The second-order valence-corrected chi connectivity index (χ2v) is 4.55. The molecule has 76 valence electrons.